The summed E-state index contributed by atoms with van der Waals surface area (Å²) in [6, 6.07) is 3.80. The van der Waals surface area contributed by atoms with E-state index >= 15 is 0 Å². The van der Waals surface area contributed by atoms with Gasteiger partial charge in [-0.2, -0.15) is 0 Å². The van der Waals surface area contributed by atoms with E-state index in [0.29, 0.717) is 0 Å². The summed E-state index contributed by atoms with van der Waals surface area (Å²) >= 11 is 1.60. The molecule has 0 aliphatic rings. The van der Waals surface area contributed by atoms with Crippen LogP contribution in [-0.2, 0) is 0 Å². The molecule has 2 aromatic rings. The average Bonchev–Trinajstić information content (AvgIpc) is 2.76. The fraction of sp³-hybridized carbons (Fsp3) is 0.0909. The summed E-state index contributed by atoms with van der Waals surface area (Å²) in [4.78, 5) is 9.37. The number of aromatic nitrogens is 2. The van der Waals surface area contributed by atoms with Crippen molar-refractivity contribution in [3.05, 3.63) is 41.5 Å². The average molecular weight is 218 g/mol. The normalized spacial score (nSPS) is 11.0. The molecule has 0 bridgehead atoms. The minimum Gasteiger partial charge on any atom is -0.392 e. The van der Waals surface area contributed by atoms with Gasteiger partial charge >= 0.3 is 0 Å². The summed E-state index contributed by atoms with van der Waals surface area (Å²) in [5.74, 6) is 0.742. The topological polar surface area (TPSA) is 46.0 Å². The molecule has 1 N–H and O–H groups in total. The zero-order valence-electron chi connectivity index (χ0n) is 8.00. The van der Waals surface area contributed by atoms with Gasteiger partial charge in [-0.3, -0.25) is 0 Å². The van der Waals surface area contributed by atoms with E-state index in [1.165, 1.54) is 0 Å². The summed E-state index contributed by atoms with van der Waals surface area (Å²) in [6.07, 6.45) is 7.04. The minimum absolute atomic E-state index is 0.0625. The van der Waals surface area contributed by atoms with Gasteiger partial charge in [0, 0.05) is 12.4 Å². The molecule has 4 heteroatoms. The Morgan fingerprint density at radius 2 is 2.13 bits per heavy atom. The Kier molecular flexibility index (Phi) is 3.22. The first-order valence-electron chi connectivity index (χ1n) is 4.53. The lowest BCUT2D eigenvalue weighted by Gasteiger charge is -1.91. The van der Waals surface area contributed by atoms with Crippen LogP contribution in [-0.4, -0.2) is 21.7 Å². The molecule has 3 nitrogen and oxygen atoms in total. The van der Waals surface area contributed by atoms with Gasteiger partial charge in [0.15, 0.2) is 5.82 Å². The SMILES string of the molecule is OCC=Cc1csc(-c2ncccn2)c1. The number of hydrogen-bond acceptors (Lipinski definition) is 4. The summed E-state index contributed by atoms with van der Waals surface area (Å²) in [5.41, 5.74) is 1.07. The van der Waals surface area contributed by atoms with Gasteiger partial charge in [-0.25, -0.2) is 9.97 Å². The smallest absolute Gasteiger partial charge is 0.169 e. The molecule has 2 rings (SSSR count). The fourth-order valence-electron chi connectivity index (χ4n) is 1.17. The van der Waals surface area contributed by atoms with Gasteiger partial charge < -0.3 is 5.11 Å². The highest BCUT2D eigenvalue weighted by Gasteiger charge is 2.02. The summed E-state index contributed by atoms with van der Waals surface area (Å²) in [5, 5.41) is 10.7. The first-order valence-corrected chi connectivity index (χ1v) is 5.41. The van der Waals surface area contributed by atoms with Crippen molar-refractivity contribution in [3.8, 4) is 10.7 Å². The van der Waals surface area contributed by atoms with E-state index in [0.717, 1.165) is 16.3 Å². The van der Waals surface area contributed by atoms with E-state index in [1.807, 2.05) is 17.5 Å². The van der Waals surface area contributed by atoms with E-state index in [-0.39, 0.29) is 6.61 Å². The largest absolute Gasteiger partial charge is 0.392 e. The van der Waals surface area contributed by atoms with E-state index in [4.69, 9.17) is 5.11 Å². The molecule has 15 heavy (non-hydrogen) atoms. The lowest BCUT2D eigenvalue weighted by Crippen LogP contribution is -1.82. The van der Waals surface area contributed by atoms with Crippen LogP contribution in [0.25, 0.3) is 16.8 Å². The van der Waals surface area contributed by atoms with Gasteiger partial charge in [0.05, 0.1) is 11.5 Å². The quantitative estimate of drug-likeness (QED) is 0.859. The second-order valence-corrected chi connectivity index (χ2v) is 3.81. The maximum absolute atomic E-state index is 8.64. The number of nitrogens with zero attached hydrogens (tertiary/aromatic N) is 2. The van der Waals surface area contributed by atoms with E-state index < -0.39 is 0 Å². The summed E-state index contributed by atoms with van der Waals surface area (Å²) < 4.78 is 0. The Balaban J connectivity index is 2.24. The van der Waals surface area contributed by atoms with Crippen molar-refractivity contribution < 1.29 is 5.11 Å². The highest BCUT2D eigenvalue weighted by atomic mass is 32.1. The summed E-state index contributed by atoms with van der Waals surface area (Å²) in [7, 11) is 0. The van der Waals surface area contributed by atoms with Crippen molar-refractivity contribution in [1.82, 2.24) is 9.97 Å². The van der Waals surface area contributed by atoms with Crippen LogP contribution in [0.5, 0.6) is 0 Å². The zero-order chi connectivity index (χ0) is 10.5. The highest BCUT2D eigenvalue weighted by Crippen LogP contribution is 2.24. The monoisotopic (exact) mass is 218 g/mol. The number of rotatable bonds is 3. The van der Waals surface area contributed by atoms with Crippen LogP contribution in [0.1, 0.15) is 5.56 Å². The molecule has 0 spiro atoms. The second kappa shape index (κ2) is 4.82. The zero-order valence-corrected chi connectivity index (χ0v) is 8.81. The molecule has 0 aliphatic carbocycles. The number of hydrogen-bond donors (Lipinski definition) is 1. The Bertz CT molecular complexity index is 451. The summed E-state index contributed by atoms with van der Waals surface area (Å²) in [6.45, 7) is 0.0625. The van der Waals surface area contributed by atoms with Crippen LogP contribution in [0.15, 0.2) is 36.0 Å². The lowest BCUT2D eigenvalue weighted by atomic mass is 10.3. The number of thiophene rings is 1. The molecule has 0 saturated carbocycles. The third-order valence-corrected chi connectivity index (χ3v) is 2.77. The molecule has 0 unspecified atom stereocenters. The first-order chi connectivity index (χ1) is 7.40. The van der Waals surface area contributed by atoms with Crippen LogP contribution in [0.4, 0.5) is 0 Å². The predicted molar refractivity (Wildman–Crippen MR) is 61.5 cm³/mol. The van der Waals surface area contributed by atoms with Crippen LogP contribution < -0.4 is 0 Å². The molecule has 0 aliphatic heterocycles. The third-order valence-electron chi connectivity index (χ3n) is 1.82. The van der Waals surface area contributed by atoms with Gasteiger partial charge in [0.25, 0.3) is 0 Å². The maximum atomic E-state index is 8.64. The maximum Gasteiger partial charge on any atom is 0.169 e. The standard InChI is InChI=1S/C11H10N2OS/c14-6-1-3-9-7-10(15-8-9)11-12-4-2-5-13-11/h1-5,7-8,14H,6H2. The van der Waals surface area contributed by atoms with Gasteiger partial charge in [0.1, 0.15) is 0 Å². The molecule has 0 amide bonds. The van der Waals surface area contributed by atoms with Crippen molar-refractivity contribution >= 4 is 17.4 Å². The van der Waals surface area contributed by atoms with Crippen LogP contribution in [0.2, 0.25) is 0 Å². The Morgan fingerprint density at radius 1 is 1.33 bits per heavy atom. The van der Waals surface area contributed by atoms with Crippen molar-refractivity contribution in [2.75, 3.05) is 6.61 Å². The van der Waals surface area contributed by atoms with Crippen LogP contribution >= 0.6 is 11.3 Å². The Hall–Kier alpha value is -1.52. The molecule has 0 atom stereocenters. The molecule has 2 aromatic heterocycles. The second-order valence-electron chi connectivity index (χ2n) is 2.90. The van der Waals surface area contributed by atoms with Gasteiger partial charge in [-0.05, 0) is 23.1 Å². The van der Waals surface area contributed by atoms with E-state index in [9.17, 15) is 0 Å². The molecule has 0 saturated heterocycles. The predicted octanol–water partition coefficient (Wildman–Crippen LogP) is 2.21. The molecule has 0 fully saturated rings. The molecular formula is C11H10N2OS. The minimum atomic E-state index is 0.0625. The Labute approximate surface area is 91.8 Å². The van der Waals surface area contributed by atoms with Crippen molar-refractivity contribution in [2.24, 2.45) is 0 Å². The molecule has 0 aromatic carbocycles. The van der Waals surface area contributed by atoms with E-state index in [2.05, 4.69) is 9.97 Å². The van der Waals surface area contributed by atoms with Gasteiger partial charge in [-0.1, -0.05) is 12.2 Å². The fourth-order valence-corrected chi connectivity index (χ4v) is 2.00. The van der Waals surface area contributed by atoms with Crippen molar-refractivity contribution in [2.45, 2.75) is 0 Å². The Morgan fingerprint density at radius 3 is 2.87 bits per heavy atom. The molecule has 2 heterocycles. The molecule has 0 radical (unpaired) electrons. The molecular weight excluding hydrogens is 208 g/mol. The van der Waals surface area contributed by atoms with Crippen molar-refractivity contribution in [1.29, 1.82) is 0 Å². The van der Waals surface area contributed by atoms with Gasteiger partial charge in [0.2, 0.25) is 0 Å². The van der Waals surface area contributed by atoms with E-state index in [1.54, 1.807) is 35.9 Å². The van der Waals surface area contributed by atoms with Crippen LogP contribution in [0, 0.1) is 0 Å². The van der Waals surface area contributed by atoms with Crippen molar-refractivity contribution in [3.63, 3.8) is 0 Å². The first kappa shape index (κ1) is 10.0. The van der Waals surface area contributed by atoms with Crippen LogP contribution in [0.3, 0.4) is 0 Å². The van der Waals surface area contributed by atoms with Gasteiger partial charge in [-0.15, -0.1) is 11.3 Å². The molecule has 76 valence electrons. The number of aliphatic hydroxyl groups excluding tert-OH is 1. The highest BCUT2D eigenvalue weighted by molar-refractivity contribution is 7.13. The third kappa shape index (κ3) is 2.49. The number of aliphatic hydroxyl groups is 1. The lowest BCUT2D eigenvalue weighted by molar-refractivity contribution is 0.343.